The number of ether oxygens (including phenoxy) is 1. The zero-order valence-electron chi connectivity index (χ0n) is 11.7. The summed E-state index contributed by atoms with van der Waals surface area (Å²) in [7, 11) is 0. The van der Waals surface area contributed by atoms with Crippen molar-refractivity contribution in [3.8, 4) is 0 Å². The van der Waals surface area contributed by atoms with Gasteiger partial charge in [0.2, 0.25) is 0 Å². The second-order valence-electron chi connectivity index (χ2n) is 6.52. The highest BCUT2D eigenvalue weighted by molar-refractivity contribution is 4.82. The van der Waals surface area contributed by atoms with Crippen molar-refractivity contribution in [2.24, 2.45) is 5.41 Å². The van der Waals surface area contributed by atoms with E-state index in [0.717, 1.165) is 13.1 Å². The van der Waals surface area contributed by atoms with Gasteiger partial charge in [0.1, 0.15) is 0 Å². The second kappa shape index (κ2) is 5.50. The van der Waals surface area contributed by atoms with Gasteiger partial charge >= 0.3 is 0 Å². The third kappa shape index (κ3) is 4.84. The molecule has 0 unspecified atom stereocenters. The molecule has 16 heavy (non-hydrogen) atoms. The average molecular weight is 227 g/mol. The standard InChI is InChI=1S/C14H29NO/c1-6-15-11-14(4,5)16-12-7-9-13(2,3)10-8-12/h12,15H,6-11H2,1-5H3. The van der Waals surface area contributed by atoms with Crippen molar-refractivity contribution in [2.45, 2.75) is 72.0 Å². The average Bonchev–Trinajstić information content (AvgIpc) is 2.18. The smallest absolute Gasteiger partial charge is 0.0754 e. The van der Waals surface area contributed by atoms with Crippen LogP contribution in [-0.2, 0) is 4.74 Å². The van der Waals surface area contributed by atoms with E-state index in [0.29, 0.717) is 11.5 Å². The molecule has 0 aliphatic heterocycles. The fourth-order valence-corrected chi connectivity index (χ4v) is 2.41. The molecule has 2 nitrogen and oxygen atoms in total. The summed E-state index contributed by atoms with van der Waals surface area (Å²) in [6, 6.07) is 0. The van der Waals surface area contributed by atoms with E-state index in [-0.39, 0.29) is 5.60 Å². The van der Waals surface area contributed by atoms with Crippen molar-refractivity contribution >= 4 is 0 Å². The van der Waals surface area contributed by atoms with Crippen molar-refractivity contribution in [3.05, 3.63) is 0 Å². The summed E-state index contributed by atoms with van der Waals surface area (Å²) in [6.45, 7) is 13.2. The maximum Gasteiger partial charge on any atom is 0.0754 e. The Bertz CT molecular complexity index is 201. The van der Waals surface area contributed by atoms with Crippen molar-refractivity contribution in [3.63, 3.8) is 0 Å². The Labute approximate surface area is 101 Å². The summed E-state index contributed by atoms with van der Waals surface area (Å²) in [5.41, 5.74) is 0.508. The number of nitrogens with one attached hydrogen (secondary N) is 1. The van der Waals surface area contributed by atoms with Crippen molar-refractivity contribution in [1.29, 1.82) is 0 Å². The van der Waals surface area contributed by atoms with Crippen LogP contribution in [-0.4, -0.2) is 24.8 Å². The Balaban J connectivity index is 2.32. The molecule has 0 saturated heterocycles. The molecule has 1 aliphatic carbocycles. The van der Waals surface area contributed by atoms with E-state index < -0.39 is 0 Å². The summed E-state index contributed by atoms with van der Waals surface area (Å²) >= 11 is 0. The first-order valence-corrected chi connectivity index (χ1v) is 6.73. The third-order valence-electron chi connectivity index (χ3n) is 3.57. The SMILES string of the molecule is CCNCC(C)(C)OC1CCC(C)(C)CC1. The summed E-state index contributed by atoms with van der Waals surface area (Å²) in [4.78, 5) is 0. The first-order valence-electron chi connectivity index (χ1n) is 6.73. The fourth-order valence-electron chi connectivity index (χ4n) is 2.41. The van der Waals surface area contributed by atoms with Gasteiger partial charge in [-0.2, -0.15) is 0 Å². The molecule has 2 heteroatoms. The predicted octanol–water partition coefficient (Wildman–Crippen LogP) is 3.36. The number of rotatable bonds is 5. The summed E-state index contributed by atoms with van der Waals surface area (Å²) < 4.78 is 6.21. The largest absolute Gasteiger partial charge is 0.371 e. The fraction of sp³-hybridized carbons (Fsp3) is 1.00. The van der Waals surface area contributed by atoms with Crippen LogP contribution < -0.4 is 5.32 Å². The summed E-state index contributed by atoms with van der Waals surface area (Å²) in [6.07, 6.45) is 5.52. The van der Waals surface area contributed by atoms with E-state index in [2.05, 4.69) is 39.9 Å². The van der Waals surface area contributed by atoms with Crippen LogP contribution in [0.25, 0.3) is 0 Å². The Hall–Kier alpha value is -0.0800. The molecule has 0 atom stereocenters. The summed E-state index contributed by atoms with van der Waals surface area (Å²) in [5, 5.41) is 3.37. The Kier molecular flexibility index (Phi) is 4.81. The Morgan fingerprint density at radius 1 is 1.25 bits per heavy atom. The first kappa shape index (κ1) is 14.0. The topological polar surface area (TPSA) is 21.3 Å². The quantitative estimate of drug-likeness (QED) is 0.777. The molecule has 0 amide bonds. The maximum atomic E-state index is 6.21. The molecule has 1 rings (SSSR count). The van der Waals surface area contributed by atoms with Gasteiger partial charge in [0, 0.05) is 6.54 Å². The lowest BCUT2D eigenvalue weighted by atomic mass is 9.76. The van der Waals surface area contributed by atoms with Gasteiger partial charge < -0.3 is 10.1 Å². The van der Waals surface area contributed by atoms with Crippen LogP contribution in [0.15, 0.2) is 0 Å². The van der Waals surface area contributed by atoms with E-state index >= 15 is 0 Å². The van der Waals surface area contributed by atoms with Gasteiger partial charge in [0.25, 0.3) is 0 Å². The van der Waals surface area contributed by atoms with E-state index in [4.69, 9.17) is 4.74 Å². The van der Waals surface area contributed by atoms with Crippen LogP contribution in [0.1, 0.15) is 60.3 Å². The van der Waals surface area contributed by atoms with E-state index in [1.165, 1.54) is 25.7 Å². The molecule has 0 spiro atoms. The molecule has 0 bridgehead atoms. The van der Waals surface area contributed by atoms with Crippen molar-refractivity contribution < 1.29 is 4.74 Å². The molecule has 0 heterocycles. The van der Waals surface area contributed by atoms with Crippen LogP contribution in [0.4, 0.5) is 0 Å². The minimum atomic E-state index is -0.0256. The third-order valence-corrected chi connectivity index (χ3v) is 3.57. The molecule has 1 aliphatic rings. The minimum absolute atomic E-state index is 0.0256. The monoisotopic (exact) mass is 227 g/mol. The number of likely N-dealkylation sites (N-methyl/N-ethyl adjacent to an activating group) is 1. The van der Waals surface area contributed by atoms with Crippen LogP contribution in [0.5, 0.6) is 0 Å². The molecular weight excluding hydrogens is 198 g/mol. The first-order chi connectivity index (χ1) is 7.35. The number of hydrogen-bond donors (Lipinski definition) is 1. The van der Waals surface area contributed by atoms with Crippen molar-refractivity contribution in [2.75, 3.05) is 13.1 Å². The second-order valence-corrected chi connectivity index (χ2v) is 6.52. The predicted molar refractivity (Wildman–Crippen MR) is 69.7 cm³/mol. The molecular formula is C14H29NO. The van der Waals surface area contributed by atoms with Crippen LogP contribution in [0.3, 0.4) is 0 Å². The highest BCUT2D eigenvalue weighted by Gasteiger charge is 2.30. The van der Waals surface area contributed by atoms with Crippen LogP contribution in [0.2, 0.25) is 0 Å². The molecule has 0 radical (unpaired) electrons. The highest BCUT2D eigenvalue weighted by Crippen LogP contribution is 2.37. The lowest BCUT2D eigenvalue weighted by Gasteiger charge is -2.38. The van der Waals surface area contributed by atoms with Gasteiger partial charge in [-0.25, -0.2) is 0 Å². The lowest BCUT2D eigenvalue weighted by Crippen LogP contribution is -2.42. The van der Waals surface area contributed by atoms with Crippen LogP contribution in [0, 0.1) is 5.41 Å². The van der Waals surface area contributed by atoms with Crippen molar-refractivity contribution in [1.82, 2.24) is 5.32 Å². The molecule has 96 valence electrons. The van der Waals surface area contributed by atoms with E-state index in [9.17, 15) is 0 Å². The van der Waals surface area contributed by atoms with Gasteiger partial charge in [-0.15, -0.1) is 0 Å². The van der Waals surface area contributed by atoms with Gasteiger partial charge in [0.05, 0.1) is 11.7 Å². The normalized spacial score (nSPS) is 22.3. The molecule has 1 fully saturated rings. The summed E-state index contributed by atoms with van der Waals surface area (Å²) in [5.74, 6) is 0. The maximum absolute atomic E-state index is 6.21. The molecule has 0 aromatic rings. The number of hydrogen-bond acceptors (Lipinski definition) is 2. The molecule has 0 aromatic carbocycles. The Morgan fingerprint density at radius 2 is 1.81 bits per heavy atom. The van der Waals surface area contributed by atoms with Gasteiger partial charge in [-0.05, 0) is 51.5 Å². The van der Waals surface area contributed by atoms with Gasteiger partial charge in [-0.1, -0.05) is 20.8 Å². The minimum Gasteiger partial charge on any atom is -0.371 e. The lowest BCUT2D eigenvalue weighted by molar-refractivity contribution is -0.0927. The zero-order chi connectivity index (χ0) is 12.2. The Morgan fingerprint density at radius 3 is 2.31 bits per heavy atom. The molecule has 1 saturated carbocycles. The molecule has 0 aromatic heterocycles. The van der Waals surface area contributed by atoms with Gasteiger partial charge in [0.15, 0.2) is 0 Å². The highest BCUT2D eigenvalue weighted by atomic mass is 16.5. The van der Waals surface area contributed by atoms with Crippen LogP contribution >= 0.6 is 0 Å². The van der Waals surface area contributed by atoms with E-state index in [1.807, 2.05) is 0 Å². The zero-order valence-corrected chi connectivity index (χ0v) is 11.7. The molecule has 1 N–H and O–H groups in total. The van der Waals surface area contributed by atoms with E-state index in [1.54, 1.807) is 0 Å². The van der Waals surface area contributed by atoms with Gasteiger partial charge in [-0.3, -0.25) is 0 Å².